The van der Waals surface area contributed by atoms with Crippen molar-refractivity contribution in [3.63, 3.8) is 0 Å². The van der Waals surface area contributed by atoms with Gasteiger partial charge in [0.2, 0.25) is 0 Å². The lowest BCUT2D eigenvalue weighted by atomic mass is 9.77. The van der Waals surface area contributed by atoms with E-state index in [-0.39, 0.29) is 0 Å². The lowest BCUT2D eigenvalue weighted by Gasteiger charge is -2.32. The molecule has 0 aromatic heterocycles. The van der Waals surface area contributed by atoms with Crippen LogP contribution in [0.4, 0.5) is 0 Å². The molecule has 1 aromatic carbocycles. The molecule has 1 aliphatic carbocycles. The maximum atomic E-state index is 5.80. The van der Waals surface area contributed by atoms with Crippen LogP contribution < -0.4 is 5.73 Å². The van der Waals surface area contributed by atoms with E-state index in [0.717, 1.165) is 5.92 Å². The fourth-order valence-corrected chi connectivity index (χ4v) is 3.10. The molecule has 0 saturated heterocycles. The maximum Gasteiger partial charge on any atom is 0.00747 e. The van der Waals surface area contributed by atoms with Crippen LogP contribution in [0.25, 0.3) is 0 Å². The molecule has 1 saturated carbocycles. The Balaban J connectivity index is 1.87. The van der Waals surface area contributed by atoms with E-state index in [1.165, 1.54) is 29.7 Å². The molecular weight excluding hydrogens is 214 g/mol. The summed E-state index contributed by atoms with van der Waals surface area (Å²) in [5, 5.41) is 0.662. The van der Waals surface area contributed by atoms with E-state index in [4.69, 9.17) is 5.73 Å². The van der Waals surface area contributed by atoms with E-state index in [1.807, 2.05) is 11.8 Å². The van der Waals surface area contributed by atoms with Crippen molar-refractivity contribution in [3.05, 3.63) is 29.8 Å². The maximum absolute atomic E-state index is 5.80. The van der Waals surface area contributed by atoms with Gasteiger partial charge in [-0.3, -0.25) is 0 Å². The molecule has 1 aliphatic rings. The highest BCUT2D eigenvalue weighted by Crippen LogP contribution is 2.30. The highest BCUT2D eigenvalue weighted by atomic mass is 32.2. The van der Waals surface area contributed by atoms with Crippen LogP contribution in [0.15, 0.2) is 29.2 Å². The van der Waals surface area contributed by atoms with Crippen molar-refractivity contribution >= 4 is 11.8 Å². The van der Waals surface area contributed by atoms with Crippen LogP contribution in [0.2, 0.25) is 0 Å². The fourth-order valence-electron chi connectivity index (χ4n) is 2.26. The van der Waals surface area contributed by atoms with Gasteiger partial charge in [0.05, 0.1) is 0 Å². The zero-order valence-electron chi connectivity index (χ0n) is 10.1. The summed E-state index contributed by atoms with van der Waals surface area (Å²) in [5.41, 5.74) is 7.26. The van der Waals surface area contributed by atoms with E-state index < -0.39 is 0 Å². The normalized spacial score (nSPS) is 24.5. The second-order valence-corrected chi connectivity index (χ2v) is 6.76. The largest absolute Gasteiger partial charge is 0.328 e. The molecule has 0 radical (unpaired) electrons. The summed E-state index contributed by atoms with van der Waals surface area (Å²) >= 11 is 1.93. The van der Waals surface area contributed by atoms with Gasteiger partial charge < -0.3 is 5.73 Å². The van der Waals surface area contributed by atoms with Crippen LogP contribution in [0.5, 0.6) is 0 Å². The molecule has 2 heteroatoms. The molecule has 1 aromatic rings. The van der Waals surface area contributed by atoms with Gasteiger partial charge in [-0.15, -0.1) is 11.8 Å². The highest BCUT2D eigenvalue weighted by Gasteiger charge is 2.25. The Hall–Kier alpha value is -0.470. The lowest BCUT2D eigenvalue weighted by Crippen LogP contribution is -2.37. The molecule has 1 fully saturated rings. The predicted molar refractivity (Wildman–Crippen MR) is 71.8 cm³/mol. The molecule has 0 atom stereocenters. The smallest absolute Gasteiger partial charge is 0.00747 e. The first kappa shape index (κ1) is 12.0. The highest BCUT2D eigenvalue weighted by molar-refractivity contribution is 7.99. The van der Waals surface area contributed by atoms with Gasteiger partial charge in [-0.25, -0.2) is 0 Å². The second kappa shape index (κ2) is 5.24. The Morgan fingerprint density at radius 1 is 1.25 bits per heavy atom. The summed E-state index contributed by atoms with van der Waals surface area (Å²) in [6, 6.07) is 9.51. The first-order chi connectivity index (χ1) is 7.63. The molecule has 0 aliphatic heterocycles. The van der Waals surface area contributed by atoms with Gasteiger partial charge in [0.1, 0.15) is 0 Å². The minimum atomic E-state index is 0.473. The van der Waals surface area contributed by atoms with Crippen molar-refractivity contribution < 1.29 is 0 Å². The van der Waals surface area contributed by atoms with Crippen LogP contribution >= 0.6 is 11.8 Å². The van der Waals surface area contributed by atoms with Crippen LogP contribution in [0, 0.1) is 5.92 Å². The summed E-state index contributed by atoms with van der Waals surface area (Å²) in [4.78, 5) is 1.38. The van der Waals surface area contributed by atoms with Gasteiger partial charge in [0, 0.05) is 16.2 Å². The van der Waals surface area contributed by atoms with E-state index in [0.29, 0.717) is 11.3 Å². The monoisotopic (exact) mass is 235 g/mol. The molecule has 88 valence electrons. The van der Waals surface area contributed by atoms with Gasteiger partial charge in [-0.2, -0.15) is 0 Å². The third-order valence-corrected chi connectivity index (χ3v) is 4.11. The van der Waals surface area contributed by atoms with E-state index in [2.05, 4.69) is 38.1 Å². The van der Waals surface area contributed by atoms with E-state index in [9.17, 15) is 0 Å². The molecule has 0 unspecified atom stereocenters. The Morgan fingerprint density at radius 2 is 1.88 bits per heavy atom. The predicted octanol–water partition coefficient (Wildman–Crippen LogP) is 3.47. The number of hydrogen-bond donors (Lipinski definition) is 1. The number of rotatable bonds is 4. The van der Waals surface area contributed by atoms with Gasteiger partial charge in [0.25, 0.3) is 0 Å². The summed E-state index contributed by atoms with van der Waals surface area (Å²) in [6.07, 6.45) is 3.63. The van der Waals surface area contributed by atoms with Crippen LogP contribution in [-0.4, -0.2) is 11.3 Å². The van der Waals surface area contributed by atoms with Crippen molar-refractivity contribution in [3.8, 4) is 0 Å². The molecule has 1 nitrogen and oxygen atoms in total. The summed E-state index contributed by atoms with van der Waals surface area (Å²) in [5.74, 6) is 0.832. The van der Waals surface area contributed by atoms with Crippen molar-refractivity contribution in [1.29, 1.82) is 0 Å². The van der Waals surface area contributed by atoms with Crippen molar-refractivity contribution in [2.45, 2.75) is 49.3 Å². The number of benzene rings is 1. The second-order valence-electron chi connectivity index (χ2n) is 5.11. The topological polar surface area (TPSA) is 26.0 Å². The Bertz CT molecular complexity index is 325. The quantitative estimate of drug-likeness (QED) is 0.809. The molecule has 0 spiro atoms. The number of hydrogen-bond acceptors (Lipinski definition) is 2. The average molecular weight is 235 g/mol. The molecule has 0 amide bonds. The minimum Gasteiger partial charge on any atom is -0.328 e. The minimum absolute atomic E-state index is 0.473. The first-order valence-electron chi connectivity index (χ1n) is 6.14. The summed E-state index contributed by atoms with van der Waals surface area (Å²) in [7, 11) is 0. The Labute approximate surface area is 103 Å². The average Bonchev–Trinajstić information content (AvgIpc) is 2.18. The Morgan fingerprint density at radius 3 is 2.38 bits per heavy atom. The van der Waals surface area contributed by atoms with Crippen molar-refractivity contribution in [1.82, 2.24) is 0 Å². The third kappa shape index (κ3) is 3.26. The number of thioether (sulfide) groups is 1. The summed E-state index contributed by atoms with van der Waals surface area (Å²) < 4.78 is 0. The fraction of sp³-hybridized carbons (Fsp3) is 0.571. The van der Waals surface area contributed by atoms with E-state index in [1.54, 1.807) is 0 Å². The van der Waals surface area contributed by atoms with E-state index >= 15 is 0 Å². The SMILES string of the molecule is CC(C)Sc1ccc(CC2CC(N)C2)cc1. The lowest BCUT2D eigenvalue weighted by molar-refractivity contribution is 0.264. The zero-order valence-corrected chi connectivity index (χ0v) is 11.0. The van der Waals surface area contributed by atoms with Gasteiger partial charge in [0.15, 0.2) is 0 Å². The molecular formula is C14H21NS. The van der Waals surface area contributed by atoms with Gasteiger partial charge in [-0.05, 0) is 42.9 Å². The third-order valence-electron chi connectivity index (χ3n) is 3.09. The molecule has 2 N–H and O–H groups in total. The van der Waals surface area contributed by atoms with Crippen molar-refractivity contribution in [2.75, 3.05) is 0 Å². The standard InChI is InChI=1S/C14H21NS/c1-10(2)16-14-5-3-11(4-6-14)7-12-8-13(15)9-12/h3-6,10,12-13H,7-9,15H2,1-2H3. The molecule has 2 rings (SSSR count). The van der Waals surface area contributed by atoms with Crippen LogP contribution in [0.3, 0.4) is 0 Å². The van der Waals surface area contributed by atoms with Crippen molar-refractivity contribution in [2.24, 2.45) is 11.7 Å². The first-order valence-corrected chi connectivity index (χ1v) is 7.02. The van der Waals surface area contributed by atoms with Crippen LogP contribution in [-0.2, 0) is 6.42 Å². The molecule has 0 bridgehead atoms. The van der Waals surface area contributed by atoms with Crippen LogP contribution in [0.1, 0.15) is 32.3 Å². The Kier molecular flexibility index (Phi) is 3.93. The molecule has 16 heavy (non-hydrogen) atoms. The summed E-state index contributed by atoms with van der Waals surface area (Å²) in [6.45, 7) is 4.46. The molecule has 0 heterocycles. The zero-order chi connectivity index (χ0) is 11.5. The number of nitrogens with two attached hydrogens (primary N) is 1. The van der Waals surface area contributed by atoms with Gasteiger partial charge in [-0.1, -0.05) is 26.0 Å². The van der Waals surface area contributed by atoms with Gasteiger partial charge >= 0.3 is 0 Å².